The van der Waals surface area contributed by atoms with Crippen LogP contribution in [0.4, 0.5) is 0 Å². The third-order valence-corrected chi connectivity index (χ3v) is 3.90. The molecular formula is C16H32O2. The minimum absolute atomic E-state index is 0.622. The van der Waals surface area contributed by atoms with Crippen LogP contribution in [-0.2, 0) is 9.47 Å². The molecule has 0 bridgehead atoms. The SMILES string of the molecule is C1CCC(OC2CCCCC2)CC1.CCOCC. The molecule has 0 N–H and O–H groups in total. The number of ether oxygens (including phenoxy) is 2. The highest BCUT2D eigenvalue weighted by Gasteiger charge is 2.20. The molecule has 2 saturated carbocycles. The van der Waals surface area contributed by atoms with Crippen molar-refractivity contribution in [3.8, 4) is 0 Å². The van der Waals surface area contributed by atoms with E-state index in [2.05, 4.69) is 0 Å². The maximum absolute atomic E-state index is 6.13. The van der Waals surface area contributed by atoms with E-state index in [0.717, 1.165) is 13.2 Å². The van der Waals surface area contributed by atoms with E-state index in [9.17, 15) is 0 Å². The molecule has 2 heteroatoms. The van der Waals surface area contributed by atoms with Crippen molar-refractivity contribution in [2.45, 2.75) is 90.3 Å². The number of rotatable bonds is 4. The molecular weight excluding hydrogens is 224 g/mol. The van der Waals surface area contributed by atoms with Gasteiger partial charge in [-0.1, -0.05) is 38.5 Å². The Morgan fingerprint density at radius 2 is 1.06 bits per heavy atom. The summed E-state index contributed by atoms with van der Waals surface area (Å²) in [6, 6.07) is 0. The van der Waals surface area contributed by atoms with Crippen molar-refractivity contribution in [3.05, 3.63) is 0 Å². The molecule has 0 saturated heterocycles. The van der Waals surface area contributed by atoms with E-state index in [1.54, 1.807) is 0 Å². The first-order chi connectivity index (χ1) is 8.86. The Hall–Kier alpha value is -0.0800. The number of hydrogen-bond acceptors (Lipinski definition) is 2. The van der Waals surface area contributed by atoms with E-state index in [-0.39, 0.29) is 0 Å². The Labute approximate surface area is 113 Å². The smallest absolute Gasteiger partial charge is 0.0578 e. The third kappa shape index (κ3) is 7.38. The summed E-state index contributed by atoms with van der Waals surface area (Å²) in [5.74, 6) is 0. The Morgan fingerprint density at radius 1 is 0.667 bits per heavy atom. The van der Waals surface area contributed by atoms with Crippen LogP contribution in [0.15, 0.2) is 0 Å². The monoisotopic (exact) mass is 256 g/mol. The van der Waals surface area contributed by atoms with Crippen LogP contribution in [0.1, 0.15) is 78.1 Å². The van der Waals surface area contributed by atoms with Crippen molar-refractivity contribution in [2.24, 2.45) is 0 Å². The second-order valence-corrected chi connectivity index (χ2v) is 5.44. The first-order valence-corrected chi connectivity index (χ1v) is 8.10. The summed E-state index contributed by atoms with van der Waals surface area (Å²) in [5.41, 5.74) is 0. The molecule has 2 nitrogen and oxygen atoms in total. The van der Waals surface area contributed by atoms with Crippen LogP contribution in [0.3, 0.4) is 0 Å². The molecule has 0 atom stereocenters. The summed E-state index contributed by atoms with van der Waals surface area (Å²) in [6.45, 7) is 5.67. The lowest BCUT2D eigenvalue weighted by molar-refractivity contribution is -0.0450. The predicted molar refractivity (Wildman–Crippen MR) is 77.0 cm³/mol. The standard InChI is InChI=1S/C12H22O.C4H10O/c1-3-7-11(8-4-1)13-12-9-5-2-6-10-12;1-3-5-4-2/h11-12H,1-10H2;3-4H2,1-2H3. The van der Waals surface area contributed by atoms with Crippen LogP contribution in [0.5, 0.6) is 0 Å². The second kappa shape index (κ2) is 10.8. The topological polar surface area (TPSA) is 18.5 Å². The fourth-order valence-corrected chi connectivity index (χ4v) is 2.88. The molecule has 0 spiro atoms. The van der Waals surface area contributed by atoms with E-state index in [1.807, 2.05) is 13.8 Å². The van der Waals surface area contributed by atoms with Crippen molar-refractivity contribution in [1.82, 2.24) is 0 Å². The number of hydrogen-bond donors (Lipinski definition) is 0. The maximum atomic E-state index is 6.13. The van der Waals surface area contributed by atoms with Gasteiger partial charge in [0.15, 0.2) is 0 Å². The fourth-order valence-electron chi connectivity index (χ4n) is 2.88. The van der Waals surface area contributed by atoms with Gasteiger partial charge in [-0.2, -0.15) is 0 Å². The van der Waals surface area contributed by atoms with Crippen LogP contribution in [0.2, 0.25) is 0 Å². The maximum Gasteiger partial charge on any atom is 0.0578 e. The molecule has 0 amide bonds. The molecule has 2 fully saturated rings. The lowest BCUT2D eigenvalue weighted by Gasteiger charge is -2.29. The third-order valence-electron chi connectivity index (χ3n) is 3.90. The van der Waals surface area contributed by atoms with E-state index < -0.39 is 0 Å². The van der Waals surface area contributed by atoms with Gasteiger partial charge < -0.3 is 9.47 Å². The lowest BCUT2D eigenvalue weighted by Crippen LogP contribution is -2.25. The highest BCUT2D eigenvalue weighted by atomic mass is 16.5. The van der Waals surface area contributed by atoms with Crippen LogP contribution in [0.25, 0.3) is 0 Å². The van der Waals surface area contributed by atoms with Gasteiger partial charge in [-0.05, 0) is 39.5 Å². The van der Waals surface area contributed by atoms with Crippen molar-refractivity contribution in [2.75, 3.05) is 13.2 Å². The molecule has 0 heterocycles. The zero-order valence-electron chi connectivity index (χ0n) is 12.5. The quantitative estimate of drug-likeness (QED) is 0.725. The van der Waals surface area contributed by atoms with E-state index in [4.69, 9.17) is 9.47 Å². The van der Waals surface area contributed by atoms with Gasteiger partial charge in [0.1, 0.15) is 0 Å². The zero-order chi connectivity index (χ0) is 13.1. The van der Waals surface area contributed by atoms with Gasteiger partial charge in [-0.15, -0.1) is 0 Å². The van der Waals surface area contributed by atoms with Crippen molar-refractivity contribution < 1.29 is 9.47 Å². The molecule has 0 aromatic heterocycles. The van der Waals surface area contributed by atoms with Gasteiger partial charge in [0, 0.05) is 13.2 Å². The highest BCUT2D eigenvalue weighted by Crippen LogP contribution is 2.26. The fraction of sp³-hybridized carbons (Fsp3) is 1.00. The molecule has 2 aliphatic carbocycles. The van der Waals surface area contributed by atoms with Crippen molar-refractivity contribution in [1.29, 1.82) is 0 Å². The first kappa shape index (κ1) is 16.0. The van der Waals surface area contributed by atoms with Crippen LogP contribution < -0.4 is 0 Å². The Morgan fingerprint density at radius 3 is 1.33 bits per heavy atom. The predicted octanol–water partition coefficient (Wildman–Crippen LogP) is 4.71. The molecule has 0 unspecified atom stereocenters. The summed E-state index contributed by atoms with van der Waals surface area (Å²) in [7, 11) is 0. The molecule has 18 heavy (non-hydrogen) atoms. The van der Waals surface area contributed by atoms with Crippen LogP contribution in [-0.4, -0.2) is 25.4 Å². The normalized spacial score (nSPS) is 22.3. The molecule has 0 aromatic rings. The van der Waals surface area contributed by atoms with E-state index in [1.165, 1.54) is 64.2 Å². The summed E-state index contributed by atoms with van der Waals surface area (Å²) < 4.78 is 11.0. The molecule has 0 radical (unpaired) electrons. The second-order valence-electron chi connectivity index (χ2n) is 5.44. The summed E-state index contributed by atoms with van der Waals surface area (Å²) in [4.78, 5) is 0. The van der Waals surface area contributed by atoms with Gasteiger partial charge in [0.05, 0.1) is 12.2 Å². The van der Waals surface area contributed by atoms with E-state index in [0.29, 0.717) is 12.2 Å². The Bertz CT molecular complexity index is 152. The van der Waals surface area contributed by atoms with Crippen LogP contribution >= 0.6 is 0 Å². The highest BCUT2D eigenvalue weighted by molar-refractivity contribution is 4.71. The summed E-state index contributed by atoms with van der Waals surface area (Å²) in [5, 5.41) is 0. The van der Waals surface area contributed by atoms with Crippen molar-refractivity contribution in [3.63, 3.8) is 0 Å². The molecule has 2 rings (SSSR count). The molecule has 2 aliphatic rings. The average molecular weight is 256 g/mol. The van der Waals surface area contributed by atoms with Gasteiger partial charge in [-0.3, -0.25) is 0 Å². The molecule has 0 aromatic carbocycles. The Balaban J connectivity index is 0.000000280. The van der Waals surface area contributed by atoms with Crippen LogP contribution in [0, 0.1) is 0 Å². The zero-order valence-corrected chi connectivity index (χ0v) is 12.5. The van der Waals surface area contributed by atoms with Gasteiger partial charge in [0.2, 0.25) is 0 Å². The lowest BCUT2D eigenvalue weighted by atomic mass is 9.95. The minimum atomic E-state index is 0.622. The average Bonchev–Trinajstić information content (AvgIpc) is 2.43. The molecule has 108 valence electrons. The molecule has 0 aliphatic heterocycles. The van der Waals surface area contributed by atoms with Gasteiger partial charge >= 0.3 is 0 Å². The van der Waals surface area contributed by atoms with Gasteiger partial charge in [-0.25, -0.2) is 0 Å². The first-order valence-electron chi connectivity index (χ1n) is 8.10. The van der Waals surface area contributed by atoms with Crippen molar-refractivity contribution >= 4 is 0 Å². The van der Waals surface area contributed by atoms with Gasteiger partial charge in [0.25, 0.3) is 0 Å². The van der Waals surface area contributed by atoms with E-state index >= 15 is 0 Å². The largest absolute Gasteiger partial charge is 0.382 e. The summed E-state index contributed by atoms with van der Waals surface area (Å²) in [6.07, 6.45) is 15.0. The minimum Gasteiger partial charge on any atom is -0.382 e. The summed E-state index contributed by atoms with van der Waals surface area (Å²) >= 11 is 0. The Kier molecular flexibility index (Phi) is 9.59.